The van der Waals surface area contributed by atoms with E-state index >= 15 is 0 Å². The largest absolute Gasteiger partial charge is 0.366 e. The van der Waals surface area contributed by atoms with E-state index in [1.54, 1.807) is 18.2 Å². The fourth-order valence-electron chi connectivity index (χ4n) is 2.50. The predicted molar refractivity (Wildman–Crippen MR) is 88.1 cm³/mol. The van der Waals surface area contributed by atoms with Crippen LogP contribution >= 0.6 is 0 Å². The van der Waals surface area contributed by atoms with Gasteiger partial charge in [0.2, 0.25) is 5.91 Å². The molecule has 3 heteroatoms. The monoisotopic (exact) mass is 295 g/mol. The Hall–Kier alpha value is -2.42. The minimum Gasteiger partial charge on any atom is -0.366 e. The number of ketones is 1. The highest BCUT2D eigenvalue weighted by Crippen LogP contribution is 2.26. The lowest BCUT2D eigenvalue weighted by molar-refractivity contribution is 0.0983. The molecule has 0 aliphatic rings. The van der Waals surface area contributed by atoms with Crippen molar-refractivity contribution in [3.8, 4) is 0 Å². The van der Waals surface area contributed by atoms with Crippen molar-refractivity contribution in [3.63, 3.8) is 0 Å². The molecule has 0 aliphatic heterocycles. The summed E-state index contributed by atoms with van der Waals surface area (Å²) in [5.41, 5.74) is 8.18. The molecule has 2 rings (SSSR count). The minimum absolute atomic E-state index is 0.0483. The quantitative estimate of drug-likeness (QED) is 0.877. The fourth-order valence-corrected chi connectivity index (χ4v) is 2.50. The SMILES string of the molecule is CC(C)(C)c1ccccc1C(=O)Cc1cccc(C(N)=O)c1. The summed E-state index contributed by atoms with van der Waals surface area (Å²) in [7, 11) is 0. The number of primary amides is 1. The Morgan fingerprint density at radius 3 is 2.32 bits per heavy atom. The number of hydrogen-bond acceptors (Lipinski definition) is 2. The molecule has 0 bridgehead atoms. The van der Waals surface area contributed by atoms with Gasteiger partial charge in [0.25, 0.3) is 0 Å². The molecule has 0 aromatic heterocycles. The van der Waals surface area contributed by atoms with Gasteiger partial charge in [-0.15, -0.1) is 0 Å². The molecule has 0 unspecified atom stereocenters. The Morgan fingerprint density at radius 1 is 1.00 bits per heavy atom. The van der Waals surface area contributed by atoms with E-state index in [-0.39, 0.29) is 17.6 Å². The molecule has 0 fully saturated rings. The van der Waals surface area contributed by atoms with Crippen molar-refractivity contribution in [2.24, 2.45) is 5.73 Å². The third-order valence-corrected chi connectivity index (χ3v) is 3.61. The van der Waals surface area contributed by atoms with Crippen LogP contribution in [0, 0.1) is 0 Å². The Labute approximate surface area is 131 Å². The molecule has 1 amide bonds. The normalized spacial score (nSPS) is 11.2. The number of carbonyl (C=O) groups excluding carboxylic acids is 2. The van der Waals surface area contributed by atoms with E-state index in [0.29, 0.717) is 5.56 Å². The summed E-state index contributed by atoms with van der Waals surface area (Å²) in [5, 5.41) is 0. The summed E-state index contributed by atoms with van der Waals surface area (Å²) in [6.07, 6.45) is 0.258. The summed E-state index contributed by atoms with van der Waals surface area (Å²) < 4.78 is 0. The van der Waals surface area contributed by atoms with E-state index in [2.05, 4.69) is 20.8 Å². The molecule has 0 heterocycles. The predicted octanol–water partition coefficient (Wildman–Crippen LogP) is 3.51. The lowest BCUT2D eigenvalue weighted by atomic mass is 9.82. The van der Waals surface area contributed by atoms with Gasteiger partial charge < -0.3 is 5.73 Å². The molecule has 22 heavy (non-hydrogen) atoms. The number of nitrogens with two attached hydrogens (primary N) is 1. The second-order valence-electron chi connectivity index (χ2n) is 6.46. The summed E-state index contributed by atoms with van der Waals surface area (Å²) >= 11 is 0. The van der Waals surface area contributed by atoms with E-state index in [4.69, 9.17) is 5.73 Å². The van der Waals surface area contributed by atoms with Crippen LogP contribution in [0.5, 0.6) is 0 Å². The maximum Gasteiger partial charge on any atom is 0.248 e. The number of rotatable bonds is 4. The van der Waals surface area contributed by atoms with Crippen molar-refractivity contribution < 1.29 is 9.59 Å². The lowest BCUT2D eigenvalue weighted by Gasteiger charge is -2.22. The van der Waals surface area contributed by atoms with E-state index < -0.39 is 5.91 Å². The van der Waals surface area contributed by atoms with Gasteiger partial charge in [0.05, 0.1) is 0 Å². The first-order chi connectivity index (χ1) is 10.3. The first-order valence-electron chi connectivity index (χ1n) is 7.30. The van der Waals surface area contributed by atoms with Crippen LogP contribution in [0.1, 0.15) is 52.6 Å². The number of hydrogen-bond donors (Lipinski definition) is 1. The highest BCUT2D eigenvalue weighted by molar-refractivity contribution is 5.99. The fraction of sp³-hybridized carbons (Fsp3) is 0.263. The zero-order valence-corrected chi connectivity index (χ0v) is 13.2. The van der Waals surface area contributed by atoms with Crippen LogP contribution in [0.4, 0.5) is 0 Å². The highest BCUT2D eigenvalue weighted by atomic mass is 16.1. The Balaban J connectivity index is 2.31. The van der Waals surface area contributed by atoms with Crippen molar-refractivity contribution in [2.45, 2.75) is 32.6 Å². The van der Waals surface area contributed by atoms with E-state index in [1.807, 2.05) is 30.3 Å². The molecule has 2 aromatic carbocycles. The number of carbonyl (C=O) groups is 2. The summed E-state index contributed by atoms with van der Waals surface area (Å²) in [4.78, 5) is 23.9. The second-order valence-corrected chi connectivity index (χ2v) is 6.46. The van der Waals surface area contributed by atoms with Gasteiger partial charge in [-0.25, -0.2) is 0 Å². The van der Waals surface area contributed by atoms with E-state index in [1.165, 1.54) is 0 Å². The summed E-state index contributed by atoms with van der Waals surface area (Å²) in [5.74, 6) is -0.434. The smallest absolute Gasteiger partial charge is 0.248 e. The minimum atomic E-state index is -0.482. The van der Waals surface area contributed by atoms with Gasteiger partial charge in [0, 0.05) is 17.5 Å². The molecule has 2 N–H and O–H groups in total. The highest BCUT2D eigenvalue weighted by Gasteiger charge is 2.21. The van der Waals surface area contributed by atoms with Crippen LogP contribution in [-0.2, 0) is 11.8 Å². The van der Waals surface area contributed by atoms with Crippen LogP contribution < -0.4 is 5.73 Å². The molecule has 3 nitrogen and oxygen atoms in total. The van der Waals surface area contributed by atoms with Crippen molar-refractivity contribution in [1.82, 2.24) is 0 Å². The lowest BCUT2D eigenvalue weighted by Crippen LogP contribution is -2.18. The molecule has 2 aromatic rings. The zero-order valence-electron chi connectivity index (χ0n) is 13.2. The van der Waals surface area contributed by atoms with Crippen LogP contribution in [0.2, 0.25) is 0 Å². The van der Waals surface area contributed by atoms with Crippen LogP contribution in [0.15, 0.2) is 48.5 Å². The average molecular weight is 295 g/mol. The molecular weight excluding hydrogens is 274 g/mol. The average Bonchev–Trinajstić information content (AvgIpc) is 2.46. The molecular formula is C19H21NO2. The molecule has 0 atom stereocenters. The topological polar surface area (TPSA) is 60.2 Å². The molecule has 0 spiro atoms. The Morgan fingerprint density at radius 2 is 1.68 bits per heavy atom. The van der Waals surface area contributed by atoms with E-state index in [0.717, 1.165) is 16.7 Å². The first-order valence-corrected chi connectivity index (χ1v) is 7.30. The second kappa shape index (κ2) is 6.14. The third-order valence-electron chi connectivity index (χ3n) is 3.61. The summed E-state index contributed by atoms with van der Waals surface area (Å²) in [6, 6.07) is 14.6. The van der Waals surface area contributed by atoms with Crippen molar-refractivity contribution >= 4 is 11.7 Å². The molecule has 0 radical (unpaired) electrons. The van der Waals surface area contributed by atoms with Gasteiger partial charge in [0.1, 0.15) is 0 Å². The number of benzene rings is 2. The Bertz CT molecular complexity index is 711. The first kappa shape index (κ1) is 16.0. The van der Waals surface area contributed by atoms with Crippen LogP contribution in [0.3, 0.4) is 0 Å². The summed E-state index contributed by atoms with van der Waals surface area (Å²) in [6.45, 7) is 6.27. The molecule has 0 saturated heterocycles. The van der Waals surface area contributed by atoms with Gasteiger partial charge in [-0.05, 0) is 28.7 Å². The molecule has 114 valence electrons. The zero-order chi connectivity index (χ0) is 16.3. The Kier molecular flexibility index (Phi) is 4.45. The van der Waals surface area contributed by atoms with Gasteiger partial charge in [-0.1, -0.05) is 57.2 Å². The third kappa shape index (κ3) is 3.61. The maximum absolute atomic E-state index is 12.6. The molecule has 0 aliphatic carbocycles. The number of Topliss-reactive ketones (excluding diaryl/α,β-unsaturated/α-hetero) is 1. The maximum atomic E-state index is 12.6. The standard InChI is InChI=1S/C19H21NO2/c1-19(2,3)16-10-5-4-9-15(16)17(21)12-13-7-6-8-14(11-13)18(20)22/h4-11H,12H2,1-3H3,(H2,20,22). The van der Waals surface area contributed by atoms with Crippen molar-refractivity contribution in [2.75, 3.05) is 0 Å². The van der Waals surface area contributed by atoms with Gasteiger partial charge in [0.15, 0.2) is 5.78 Å². The van der Waals surface area contributed by atoms with Crippen LogP contribution in [0.25, 0.3) is 0 Å². The van der Waals surface area contributed by atoms with Crippen molar-refractivity contribution in [3.05, 3.63) is 70.8 Å². The number of amides is 1. The van der Waals surface area contributed by atoms with E-state index in [9.17, 15) is 9.59 Å². The van der Waals surface area contributed by atoms with Gasteiger partial charge in [-0.3, -0.25) is 9.59 Å². The van der Waals surface area contributed by atoms with Crippen molar-refractivity contribution in [1.29, 1.82) is 0 Å². The van der Waals surface area contributed by atoms with Gasteiger partial charge >= 0.3 is 0 Å². The molecule has 0 saturated carbocycles. The van der Waals surface area contributed by atoms with Gasteiger partial charge in [-0.2, -0.15) is 0 Å². The van der Waals surface area contributed by atoms with Crippen LogP contribution in [-0.4, -0.2) is 11.7 Å².